The molecule has 4 N–H and O–H groups in total. The van der Waals surface area contributed by atoms with E-state index in [0.717, 1.165) is 0 Å². The highest BCUT2D eigenvalue weighted by Crippen LogP contribution is 1.43. The van der Waals surface area contributed by atoms with Crippen molar-refractivity contribution in [2.45, 2.75) is 0 Å². The fourth-order valence-corrected chi connectivity index (χ4v) is 0.366. The number of quaternary nitrogens is 1. The van der Waals surface area contributed by atoms with Gasteiger partial charge < -0.3 is 15.3 Å². The van der Waals surface area contributed by atoms with E-state index in [4.69, 9.17) is 15.3 Å². The van der Waals surface area contributed by atoms with E-state index in [1.165, 1.54) is 0 Å². The van der Waals surface area contributed by atoms with Crippen molar-refractivity contribution in [3.05, 3.63) is 0 Å². The number of hydrogen-bond acceptors (Lipinski definition) is 3. The van der Waals surface area contributed by atoms with Crippen LogP contribution in [-0.4, -0.2) is 41.9 Å². The summed E-state index contributed by atoms with van der Waals surface area (Å²) in [7, 11) is 0. The lowest BCUT2D eigenvalue weighted by Gasteiger charge is -2.10. The third-order valence-electron chi connectivity index (χ3n) is 0.913. The summed E-state index contributed by atoms with van der Waals surface area (Å²) >= 11 is 0. The van der Waals surface area contributed by atoms with Gasteiger partial charge in [-0.05, 0) is 0 Å². The van der Waals surface area contributed by atoms with Crippen LogP contribution in [0.4, 0.5) is 0 Å². The minimum Gasteiger partial charge on any atom is -0.391 e. The van der Waals surface area contributed by atoms with Crippen LogP contribution in [0.25, 0.3) is 0 Å². The van der Waals surface area contributed by atoms with Gasteiger partial charge in [-0.2, -0.15) is 0 Å². The molecule has 0 heterocycles. The maximum atomic E-state index is 8.35. The van der Waals surface area contributed by atoms with Crippen molar-refractivity contribution in [1.29, 1.82) is 0 Å². The van der Waals surface area contributed by atoms with Gasteiger partial charge in [-0.3, -0.25) is 4.90 Å². The highest BCUT2D eigenvalue weighted by Gasteiger charge is 1.99. The largest absolute Gasteiger partial charge is 0.391 e. The Hall–Kier alpha value is -0.160. The van der Waals surface area contributed by atoms with Gasteiger partial charge in [-0.15, -0.1) is 0 Å². The number of hydrogen-bond donors (Lipinski definition) is 4. The molecule has 0 atom stereocenters. The maximum absolute atomic E-state index is 8.35. The lowest BCUT2D eigenvalue weighted by atomic mass is 10.6. The third-order valence-corrected chi connectivity index (χ3v) is 0.913. The van der Waals surface area contributed by atoms with Gasteiger partial charge in [0.1, 0.15) is 6.54 Å². The van der Waals surface area contributed by atoms with Crippen LogP contribution < -0.4 is 4.90 Å². The lowest BCUT2D eigenvalue weighted by molar-refractivity contribution is -0.937. The van der Waals surface area contributed by atoms with Crippen LogP contribution in [0.2, 0.25) is 0 Å². The third kappa shape index (κ3) is 2.92. The minimum absolute atomic E-state index is 0.00352. The second-order valence-corrected chi connectivity index (χ2v) is 1.54. The van der Waals surface area contributed by atoms with E-state index in [1.807, 2.05) is 0 Å². The summed E-state index contributed by atoms with van der Waals surface area (Å²) in [5, 5.41) is 25.0. The van der Waals surface area contributed by atoms with Crippen molar-refractivity contribution in [1.82, 2.24) is 0 Å². The average Bonchev–Trinajstić information content (AvgIpc) is 1.83. The van der Waals surface area contributed by atoms with Gasteiger partial charge in [0.2, 0.25) is 0 Å². The van der Waals surface area contributed by atoms with E-state index in [2.05, 4.69) is 0 Å². The fourth-order valence-electron chi connectivity index (χ4n) is 0.366. The Labute approximate surface area is 48.0 Å². The van der Waals surface area contributed by atoms with Crippen LogP contribution in [0.1, 0.15) is 0 Å². The zero-order chi connectivity index (χ0) is 6.41. The quantitative estimate of drug-likeness (QED) is 0.296. The Kier molecular flexibility index (Phi) is 4.89. The molecular formula is C4H12NO3+. The van der Waals surface area contributed by atoms with Crippen molar-refractivity contribution in [3.8, 4) is 0 Å². The summed E-state index contributed by atoms with van der Waals surface area (Å²) in [6.07, 6.45) is 0. The van der Waals surface area contributed by atoms with Crippen molar-refractivity contribution >= 4 is 0 Å². The first-order valence-electron chi connectivity index (χ1n) is 2.51. The molecule has 0 amide bonds. The second-order valence-electron chi connectivity index (χ2n) is 1.54. The minimum atomic E-state index is -0.128. The van der Waals surface area contributed by atoms with Crippen LogP contribution in [0.3, 0.4) is 0 Å². The zero-order valence-corrected chi connectivity index (χ0v) is 4.67. The normalized spacial score (nSPS) is 10.5. The molecule has 0 aromatic rings. The highest BCUT2D eigenvalue weighted by atomic mass is 16.3. The molecule has 0 unspecified atom stereocenters. The van der Waals surface area contributed by atoms with Crippen molar-refractivity contribution in [3.63, 3.8) is 0 Å². The van der Waals surface area contributed by atoms with Gasteiger partial charge in [0, 0.05) is 0 Å². The van der Waals surface area contributed by atoms with Gasteiger partial charge >= 0.3 is 0 Å². The second kappa shape index (κ2) is 4.99. The summed E-state index contributed by atoms with van der Waals surface area (Å²) in [6.45, 7) is 0.136. The van der Waals surface area contributed by atoms with E-state index in [0.29, 0.717) is 11.4 Å². The van der Waals surface area contributed by atoms with Crippen LogP contribution in [0, 0.1) is 0 Å². The Morgan fingerprint density at radius 3 is 1.62 bits per heavy atom. The predicted octanol–water partition coefficient (Wildman–Crippen LogP) is -3.24. The molecule has 4 nitrogen and oxygen atoms in total. The average molecular weight is 122 g/mol. The van der Waals surface area contributed by atoms with Gasteiger partial charge in [0.05, 0.1) is 6.61 Å². The summed E-state index contributed by atoms with van der Waals surface area (Å²) in [4.78, 5) is 0.576. The molecule has 8 heavy (non-hydrogen) atoms. The SMILES string of the molecule is OCC[NH+](CO)CO. The summed E-state index contributed by atoms with van der Waals surface area (Å²) < 4.78 is 0. The number of rotatable bonds is 4. The molecule has 0 spiro atoms. The summed E-state index contributed by atoms with van der Waals surface area (Å²) in [6, 6.07) is 0. The van der Waals surface area contributed by atoms with Crippen LogP contribution in [0.15, 0.2) is 0 Å². The first kappa shape index (κ1) is 7.84. The standard InChI is InChI=1S/C4H11NO3/c6-2-1-5(3-7)4-8/h6-8H,1-4H2/p+1. The lowest BCUT2D eigenvalue weighted by Crippen LogP contribution is -3.12. The molecule has 50 valence electrons. The molecule has 0 saturated heterocycles. The van der Waals surface area contributed by atoms with Crippen LogP contribution in [0.5, 0.6) is 0 Å². The number of nitrogens with one attached hydrogen (secondary N) is 1. The summed E-state index contributed by atoms with van der Waals surface area (Å²) in [5.74, 6) is 0. The molecule has 0 aliphatic rings. The van der Waals surface area contributed by atoms with Gasteiger partial charge in [-0.1, -0.05) is 0 Å². The molecule has 0 fully saturated rings. The molecule has 0 rings (SSSR count). The van der Waals surface area contributed by atoms with Crippen molar-refractivity contribution in [2.75, 3.05) is 26.6 Å². The van der Waals surface area contributed by atoms with E-state index < -0.39 is 0 Å². The van der Waals surface area contributed by atoms with E-state index in [1.54, 1.807) is 0 Å². The zero-order valence-electron chi connectivity index (χ0n) is 4.67. The van der Waals surface area contributed by atoms with Gasteiger partial charge in [0.15, 0.2) is 13.5 Å². The Morgan fingerprint density at radius 1 is 1.00 bits per heavy atom. The fraction of sp³-hybridized carbons (Fsp3) is 1.00. The summed E-state index contributed by atoms with van der Waals surface area (Å²) in [5.41, 5.74) is 0. The number of aliphatic hydroxyl groups is 3. The Bertz CT molecular complexity index is 46.5. The molecule has 0 aliphatic carbocycles. The molecule has 0 radical (unpaired) electrons. The Balaban J connectivity index is 3.07. The molecule has 0 aromatic carbocycles. The van der Waals surface area contributed by atoms with Crippen molar-refractivity contribution in [2.24, 2.45) is 0 Å². The molecule has 0 aliphatic heterocycles. The number of aliphatic hydroxyl groups excluding tert-OH is 3. The molecule has 0 bridgehead atoms. The topological polar surface area (TPSA) is 65.1 Å². The van der Waals surface area contributed by atoms with Crippen LogP contribution >= 0.6 is 0 Å². The molecule has 0 aromatic heterocycles. The highest BCUT2D eigenvalue weighted by molar-refractivity contribution is 4.13. The molecule has 4 heteroatoms. The molecule has 0 saturated carbocycles. The first-order valence-corrected chi connectivity index (χ1v) is 2.51. The van der Waals surface area contributed by atoms with E-state index in [-0.39, 0.29) is 20.1 Å². The van der Waals surface area contributed by atoms with Gasteiger partial charge in [0.25, 0.3) is 0 Å². The van der Waals surface area contributed by atoms with Crippen molar-refractivity contribution < 1.29 is 20.2 Å². The maximum Gasteiger partial charge on any atom is 0.180 e. The van der Waals surface area contributed by atoms with Gasteiger partial charge in [-0.25, -0.2) is 0 Å². The van der Waals surface area contributed by atoms with E-state index in [9.17, 15) is 0 Å². The Morgan fingerprint density at radius 2 is 1.50 bits per heavy atom. The monoisotopic (exact) mass is 122 g/mol. The first-order chi connectivity index (χ1) is 3.85. The van der Waals surface area contributed by atoms with E-state index >= 15 is 0 Å². The predicted molar refractivity (Wildman–Crippen MR) is 27.1 cm³/mol. The van der Waals surface area contributed by atoms with Crippen LogP contribution in [-0.2, 0) is 0 Å². The molecular weight excluding hydrogens is 110 g/mol. The smallest absolute Gasteiger partial charge is 0.180 e.